The van der Waals surface area contributed by atoms with Gasteiger partial charge in [-0.05, 0) is 25.7 Å². The molecule has 98 valence electrons. The molecule has 1 fully saturated rings. The Morgan fingerprint density at radius 1 is 1.41 bits per heavy atom. The van der Waals surface area contributed by atoms with Gasteiger partial charge in [0.2, 0.25) is 5.91 Å². The van der Waals surface area contributed by atoms with E-state index in [0.29, 0.717) is 12.3 Å². The molecule has 1 heterocycles. The number of hydrogen-bond acceptors (Lipinski definition) is 2. The van der Waals surface area contributed by atoms with Crippen LogP contribution in [0.25, 0.3) is 0 Å². The number of hydrogen-bond donors (Lipinski definition) is 2. The molecule has 5 heteroatoms. The molecule has 1 saturated heterocycles. The van der Waals surface area contributed by atoms with Gasteiger partial charge in [0.15, 0.2) is 5.96 Å². The van der Waals surface area contributed by atoms with Gasteiger partial charge in [-0.2, -0.15) is 0 Å². The molecule has 17 heavy (non-hydrogen) atoms. The minimum absolute atomic E-state index is 0.152. The topological polar surface area (TPSA) is 56.7 Å². The standard InChI is InChI=1S/C12H24N4O/c1-4-15-12(14-3)16-7-5-10(6-8-16)9-11(17)13-2/h10H,4-9H2,1-3H3,(H,13,17)(H,14,15). The van der Waals surface area contributed by atoms with Crippen molar-refractivity contribution in [2.45, 2.75) is 26.2 Å². The van der Waals surface area contributed by atoms with E-state index in [1.807, 2.05) is 7.05 Å². The first kappa shape index (κ1) is 13.8. The summed E-state index contributed by atoms with van der Waals surface area (Å²) in [5, 5.41) is 5.95. The van der Waals surface area contributed by atoms with Crippen molar-refractivity contribution in [3.05, 3.63) is 0 Å². The Morgan fingerprint density at radius 3 is 2.53 bits per heavy atom. The third-order valence-electron chi connectivity index (χ3n) is 3.21. The van der Waals surface area contributed by atoms with Crippen LogP contribution in [-0.2, 0) is 4.79 Å². The van der Waals surface area contributed by atoms with Crippen LogP contribution < -0.4 is 10.6 Å². The molecule has 0 aromatic rings. The highest BCUT2D eigenvalue weighted by Crippen LogP contribution is 2.20. The first-order valence-electron chi connectivity index (χ1n) is 6.37. The van der Waals surface area contributed by atoms with E-state index in [1.165, 1.54) is 0 Å². The predicted molar refractivity (Wildman–Crippen MR) is 70.0 cm³/mol. The Bertz CT molecular complexity index is 270. The first-order chi connectivity index (χ1) is 8.21. The van der Waals surface area contributed by atoms with Crippen LogP contribution in [0.1, 0.15) is 26.2 Å². The maximum atomic E-state index is 11.3. The summed E-state index contributed by atoms with van der Waals surface area (Å²) < 4.78 is 0. The van der Waals surface area contributed by atoms with Crippen LogP contribution >= 0.6 is 0 Å². The van der Waals surface area contributed by atoms with Crippen LogP contribution in [0.3, 0.4) is 0 Å². The van der Waals surface area contributed by atoms with Gasteiger partial charge in [0.25, 0.3) is 0 Å². The van der Waals surface area contributed by atoms with Gasteiger partial charge >= 0.3 is 0 Å². The number of aliphatic imine (C=N–C) groups is 1. The molecular formula is C12H24N4O. The van der Waals surface area contributed by atoms with E-state index in [0.717, 1.165) is 38.4 Å². The maximum Gasteiger partial charge on any atom is 0.220 e. The van der Waals surface area contributed by atoms with E-state index < -0.39 is 0 Å². The van der Waals surface area contributed by atoms with Gasteiger partial charge in [0.1, 0.15) is 0 Å². The van der Waals surface area contributed by atoms with Gasteiger partial charge in [-0.25, -0.2) is 0 Å². The molecule has 0 aromatic heterocycles. The van der Waals surface area contributed by atoms with Crippen LogP contribution in [0.5, 0.6) is 0 Å². The molecule has 1 amide bonds. The lowest BCUT2D eigenvalue weighted by Crippen LogP contribution is -2.45. The van der Waals surface area contributed by atoms with Crippen molar-refractivity contribution in [3.8, 4) is 0 Å². The second-order valence-electron chi connectivity index (χ2n) is 4.39. The van der Waals surface area contributed by atoms with E-state index >= 15 is 0 Å². The van der Waals surface area contributed by atoms with Crippen molar-refractivity contribution in [1.82, 2.24) is 15.5 Å². The summed E-state index contributed by atoms with van der Waals surface area (Å²) in [7, 11) is 3.51. The molecule has 1 rings (SSSR count). The number of amides is 1. The Labute approximate surface area is 104 Å². The number of guanidine groups is 1. The molecular weight excluding hydrogens is 216 g/mol. The fraction of sp³-hybridized carbons (Fsp3) is 0.833. The van der Waals surface area contributed by atoms with Crippen molar-refractivity contribution < 1.29 is 4.79 Å². The monoisotopic (exact) mass is 240 g/mol. The average Bonchev–Trinajstić information content (AvgIpc) is 2.37. The second-order valence-corrected chi connectivity index (χ2v) is 4.39. The molecule has 0 saturated carbocycles. The van der Waals surface area contributed by atoms with E-state index in [1.54, 1.807) is 7.05 Å². The minimum Gasteiger partial charge on any atom is -0.359 e. The highest BCUT2D eigenvalue weighted by atomic mass is 16.1. The van der Waals surface area contributed by atoms with E-state index in [2.05, 4.69) is 27.4 Å². The molecule has 1 aliphatic rings. The maximum absolute atomic E-state index is 11.3. The molecule has 0 atom stereocenters. The average molecular weight is 240 g/mol. The van der Waals surface area contributed by atoms with Crippen molar-refractivity contribution >= 4 is 11.9 Å². The van der Waals surface area contributed by atoms with E-state index in [4.69, 9.17) is 0 Å². The van der Waals surface area contributed by atoms with Crippen LogP contribution in [0.4, 0.5) is 0 Å². The molecule has 0 unspecified atom stereocenters. The van der Waals surface area contributed by atoms with Gasteiger partial charge < -0.3 is 15.5 Å². The summed E-state index contributed by atoms with van der Waals surface area (Å²) in [6, 6.07) is 0. The number of likely N-dealkylation sites (tertiary alicyclic amines) is 1. The molecule has 0 aliphatic carbocycles. The summed E-state index contributed by atoms with van der Waals surface area (Å²) in [6.07, 6.45) is 2.79. The summed E-state index contributed by atoms with van der Waals surface area (Å²) in [5.41, 5.74) is 0. The summed E-state index contributed by atoms with van der Waals surface area (Å²) in [4.78, 5) is 17.8. The van der Waals surface area contributed by atoms with Crippen LogP contribution in [-0.4, -0.2) is 50.5 Å². The van der Waals surface area contributed by atoms with Crippen molar-refractivity contribution in [1.29, 1.82) is 0 Å². The molecule has 0 radical (unpaired) electrons. The van der Waals surface area contributed by atoms with Crippen molar-refractivity contribution in [2.75, 3.05) is 33.7 Å². The van der Waals surface area contributed by atoms with E-state index in [-0.39, 0.29) is 5.91 Å². The zero-order chi connectivity index (χ0) is 12.7. The molecule has 0 bridgehead atoms. The third kappa shape index (κ3) is 4.24. The van der Waals surface area contributed by atoms with Crippen LogP contribution in [0, 0.1) is 5.92 Å². The molecule has 5 nitrogen and oxygen atoms in total. The van der Waals surface area contributed by atoms with Crippen molar-refractivity contribution in [3.63, 3.8) is 0 Å². The van der Waals surface area contributed by atoms with Gasteiger partial charge in [0, 0.05) is 40.2 Å². The molecule has 0 aromatic carbocycles. The normalized spacial score (nSPS) is 18.1. The first-order valence-corrected chi connectivity index (χ1v) is 6.37. The smallest absolute Gasteiger partial charge is 0.220 e. The lowest BCUT2D eigenvalue weighted by atomic mass is 9.93. The highest BCUT2D eigenvalue weighted by molar-refractivity contribution is 5.80. The zero-order valence-corrected chi connectivity index (χ0v) is 11.1. The summed E-state index contributed by atoms with van der Waals surface area (Å²) >= 11 is 0. The number of rotatable bonds is 3. The third-order valence-corrected chi connectivity index (χ3v) is 3.21. The van der Waals surface area contributed by atoms with Gasteiger partial charge in [-0.1, -0.05) is 0 Å². The Hall–Kier alpha value is -1.26. The number of nitrogens with zero attached hydrogens (tertiary/aromatic N) is 2. The molecule has 0 spiro atoms. The Balaban J connectivity index is 2.37. The van der Waals surface area contributed by atoms with Gasteiger partial charge in [0.05, 0.1) is 0 Å². The fourth-order valence-electron chi connectivity index (χ4n) is 2.20. The quantitative estimate of drug-likeness (QED) is 0.555. The lowest BCUT2D eigenvalue weighted by molar-refractivity contribution is -0.121. The molecule has 1 aliphatic heterocycles. The number of piperidine rings is 1. The lowest BCUT2D eigenvalue weighted by Gasteiger charge is -2.33. The number of carbonyl (C=O) groups excluding carboxylic acids is 1. The highest BCUT2D eigenvalue weighted by Gasteiger charge is 2.22. The zero-order valence-electron chi connectivity index (χ0n) is 11.1. The fourth-order valence-corrected chi connectivity index (χ4v) is 2.20. The largest absolute Gasteiger partial charge is 0.359 e. The Morgan fingerprint density at radius 2 is 2.06 bits per heavy atom. The van der Waals surface area contributed by atoms with E-state index in [9.17, 15) is 4.79 Å². The second kappa shape index (κ2) is 7.14. The van der Waals surface area contributed by atoms with Gasteiger partial charge in [-0.15, -0.1) is 0 Å². The van der Waals surface area contributed by atoms with Crippen LogP contribution in [0.15, 0.2) is 4.99 Å². The number of nitrogens with one attached hydrogen (secondary N) is 2. The minimum atomic E-state index is 0.152. The molecule has 2 N–H and O–H groups in total. The number of carbonyl (C=O) groups is 1. The predicted octanol–water partition coefficient (Wildman–Crippen LogP) is 0.430. The van der Waals surface area contributed by atoms with Crippen molar-refractivity contribution in [2.24, 2.45) is 10.9 Å². The Kier molecular flexibility index (Phi) is 5.80. The van der Waals surface area contributed by atoms with Crippen LogP contribution in [0.2, 0.25) is 0 Å². The summed E-state index contributed by atoms with van der Waals surface area (Å²) in [5.74, 6) is 1.65. The summed E-state index contributed by atoms with van der Waals surface area (Å²) in [6.45, 7) is 4.94. The SMILES string of the molecule is CCNC(=NC)N1CCC(CC(=O)NC)CC1. The van der Waals surface area contributed by atoms with Gasteiger partial charge in [-0.3, -0.25) is 9.79 Å².